The van der Waals surface area contributed by atoms with Crippen molar-refractivity contribution >= 4 is 16.9 Å². The summed E-state index contributed by atoms with van der Waals surface area (Å²) < 4.78 is 0. The van der Waals surface area contributed by atoms with Gasteiger partial charge >= 0.3 is 29.6 Å². The largest absolute Gasteiger partial charge is 1.00 e. The second-order valence-electron chi connectivity index (χ2n) is 4.59. The third-order valence-electron chi connectivity index (χ3n) is 3.25. The number of nitrogens with one attached hydrogen (secondary N) is 1. The number of carboxylic acid groups (broad SMARTS) is 1. The molecular formula is C14H18NNaO5. The Morgan fingerprint density at radius 1 is 1.14 bits per heavy atom. The molecule has 7 heteroatoms. The van der Waals surface area contributed by atoms with E-state index in [1.165, 1.54) is 0 Å². The summed E-state index contributed by atoms with van der Waals surface area (Å²) in [5.41, 5.74) is 3.46. The fourth-order valence-corrected chi connectivity index (χ4v) is 2.07. The van der Waals surface area contributed by atoms with Crippen LogP contribution in [0, 0.1) is 20.8 Å². The van der Waals surface area contributed by atoms with Crippen LogP contribution in [0.3, 0.4) is 0 Å². The van der Waals surface area contributed by atoms with Gasteiger partial charge in [0.15, 0.2) is 5.43 Å². The smallest absolute Gasteiger partial charge is 0.550 e. The summed E-state index contributed by atoms with van der Waals surface area (Å²) in [6, 6.07) is 3.70. The van der Waals surface area contributed by atoms with Crippen LogP contribution in [0.2, 0.25) is 0 Å². The zero-order chi connectivity index (χ0) is 13.4. The van der Waals surface area contributed by atoms with Gasteiger partial charge in [-0.05, 0) is 44.0 Å². The van der Waals surface area contributed by atoms with Crippen LogP contribution in [0.4, 0.5) is 0 Å². The van der Waals surface area contributed by atoms with E-state index in [2.05, 4.69) is 4.98 Å². The number of carboxylic acids is 1. The van der Waals surface area contributed by atoms with Gasteiger partial charge in [0.05, 0.1) is 0 Å². The van der Waals surface area contributed by atoms with Crippen LogP contribution in [-0.2, 0) is 11.2 Å². The maximum atomic E-state index is 12.2. The number of hydrogen-bond acceptors (Lipinski definition) is 3. The first-order chi connectivity index (χ1) is 8.40. The van der Waals surface area contributed by atoms with E-state index in [1.807, 2.05) is 19.9 Å². The van der Waals surface area contributed by atoms with E-state index in [-0.39, 0.29) is 57.9 Å². The third kappa shape index (κ3) is 4.39. The maximum Gasteiger partial charge on any atom is 1.00 e. The molecule has 0 amide bonds. The molecule has 0 saturated heterocycles. The Hall–Kier alpha value is -1.18. The molecule has 0 bridgehead atoms. The van der Waals surface area contributed by atoms with E-state index in [4.69, 9.17) is 0 Å². The number of fused-ring (bicyclic) bond motifs is 1. The Bertz CT molecular complexity index is 709. The molecule has 0 unspecified atom stereocenters. The predicted molar refractivity (Wildman–Crippen MR) is 74.7 cm³/mol. The van der Waals surface area contributed by atoms with Gasteiger partial charge in [0.25, 0.3) is 0 Å². The Kier molecular flexibility index (Phi) is 8.75. The number of hydrogen-bond donors (Lipinski definition) is 1. The van der Waals surface area contributed by atoms with Gasteiger partial charge in [0, 0.05) is 34.6 Å². The van der Waals surface area contributed by atoms with Gasteiger partial charge in [0.2, 0.25) is 0 Å². The first kappa shape index (κ1) is 22.1. The minimum Gasteiger partial charge on any atom is -0.550 e. The normalized spacial score (nSPS) is 9.29. The van der Waals surface area contributed by atoms with E-state index < -0.39 is 5.97 Å². The van der Waals surface area contributed by atoms with Crippen molar-refractivity contribution in [3.05, 3.63) is 44.7 Å². The van der Waals surface area contributed by atoms with E-state index in [0.717, 1.165) is 16.6 Å². The average Bonchev–Trinajstić information content (AvgIpc) is 2.27. The number of aliphatic carboxylic acids is 1. The Morgan fingerprint density at radius 2 is 1.67 bits per heavy atom. The van der Waals surface area contributed by atoms with Crippen molar-refractivity contribution in [2.24, 2.45) is 0 Å². The molecule has 0 aliphatic rings. The predicted octanol–water partition coefficient (Wildman–Crippen LogP) is -3.90. The second-order valence-corrected chi connectivity index (χ2v) is 4.59. The quantitative estimate of drug-likeness (QED) is 0.568. The molecular weight excluding hydrogens is 285 g/mol. The van der Waals surface area contributed by atoms with Crippen molar-refractivity contribution in [3.63, 3.8) is 0 Å². The van der Waals surface area contributed by atoms with Crippen LogP contribution in [0.15, 0.2) is 16.9 Å². The Balaban J connectivity index is 0. The van der Waals surface area contributed by atoms with Gasteiger partial charge in [0.1, 0.15) is 0 Å². The summed E-state index contributed by atoms with van der Waals surface area (Å²) in [4.78, 5) is 26.0. The molecule has 0 spiro atoms. The van der Waals surface area contributed by atoms with Crippen molar-refractivity contribution in [2.75, 3.05) is 0 Å². The molecule has 1 heterocycles. The van der Waals surface area contributed by atoms with Crippen molar-refractivity contribution in [3.8, 4) is 0 Å². The van der Waals surface area contributed by atoms with Gasteiger partial charge in [-0.2, -0.15) is 0 Å². The summed E-state index contributed by atoms with van der Waals surface area (Å²) in [6.07, 6.45) is -0.357. The molecule has 0 aliphatic carbocycles. The summed E-state index contributed by atoms with van der Waals surface area (Å²) in [5.74, 6) is -1.24. The minimum absolute atomic E-state index is 0. The molecule has 0 fully saturated rings. The van der Waals surface area contributed by atoms with Crippen molar-refractivity contribution in [1.29, 1.82) is 0 Å². The number of aryl methyl sites for hydroxylation is 3. The molecule has 0 saturated carbocycles. The molecule has 0 atom stereocenters. The van der Waals surface area contributed by atoms with Gasteiger partial charge in [-0.1, -0.05) is 0 Å². The van der Waals surface area contributed by atoms with E-state index >= 15 is 0 Å². The first-order valence-corrected chi connectivity index (χ1v) is 5.72. The average molecular weight is 303 g/mol. The van der Waals surface area contributed by atoms with Crippen LogP contribution in [0.5, 0.6) is 0 Å². The molecule has 6 nitrogen and oxygen atoms in total. The number of carbonyl (C=O) groups is 1. The Labute approximate surface area is 144 Å². The maximum absolute atomic E-state index is 12.2. The Morgan fingerprint density at radius 3 is 2.19 bits per heavy atom. The zero-order valence-electron chi connectivity index (χ0n) is 12.6. The van der Waals surface area contributed by atoms with Crippen LogP contribution in [0.1, 0.15) is 22.4 Å². The topological polar surface area (TPSA) is 136 Å². The molecule has 1 aromatic carbocycles. The van der Waals surface area contributed by atoms with Crippen LogP contribution in [0.25, 0.3) is 10.9 Å². The number of rotatable bonds is 2. The van der Waals surface area contributed by atoms with Crippen LogP contribution in [-0.4, -0.2) is 21.9 Å². The molecule has 2 aromatic rings. The van der Waals surface area contributed by atoms with Crippen LogP contribution >= 0.6 is 0 Å². The van der Waals surface area contributed by atoms with Gasteiger partial charge in [-0.3, -0.25) is 4.79 Å². The number of H-pyrrole nitrogens is 1. The number of aromatic nitrogens is 1. The number of pyridine rings is 1. The summed E-state index contributed by atoms with van der Waals surface area (Å²) in [7, 11) is 0. The molecule has 110 valence electrons. The molecule has 2 rings (SSSR count). The molecule has 0 radical (unpaired) electrons. The summed E-state index contributed by atoms with van der Waals surface area (Å²) >= 11 is 0. The first-order valence-electron chi connectivity index (χ1n) is 5.72. The molecule has 5 N–H and O–H groups in total. The number of aromatic amines is 1. The van der Waals surface area contributed by atoms with Crippen molar-refractivity contribution in [1.82, 2.24) is 4.98 Å². The van der Waals surface area contributed by atoms with Gasteiger partial charge < -0.3 is 25.8 Å². The monoisotopic (exact) mass is 303 g/mol. The van der Waals surface area contributed by atoms with E-state index in [0.29, 0.717) is 11.1 Å². The van der Waals surface area contributed by atoms with E-state index in [1.54, 1.807) is 13.0 Å². The van der Waals surface area contributed by atoms with E-state index in [9.17, 15) is 14.7 Å². The fraction of sp³-hybridized carbons (Fsp3) is 0.286. The van der Waals surface area contributed by atoms with Gasteiger partial charge in [-0.25, -0.2) is 0 Å². The molecule has 0 aliphatic heterocycles. The summed E-state index contributed by atoms with van der Waals surface area (Å²) in [5, 5.41) is 11.2. The van der Waals surface area contributed by atoms with Crippen molar-refractivity contribution in [2.45, 2.75) is 27.2 Å². The number of benzene rings is 1. The zero-order valence-corrected chi connectivity index (χ0v) is 14.6. The van der Waals surface area contributed by atoms with Gasteiger partial charge in [-0.15, -0.1) is 0 Å². The molecule has 1 aromatic heterocycles. The minimum atomic E-state index is -1.24. The number of carbonyl (C=O) groups excluding carboxylic acids is 1. The third-order valence-corrected chi connectivity index (χ3v) is 3.25. The standard InChI is InChI=1S/C14H15NO3.Na.2H2O/c1-7-4-11-12(5-8(7)2)15-9(3)10(14(11)18)6-13(16)17;;;/h4-5H,6H2,1-3H3,(H,15,18)(H,16,17);;2*1H2/q;+1;;/p-1. The molecule has 21 heavy (non-hydrogen) atoms. The summed E-state index contributed by atoms with van der Waals surface area (Å²) in [6.45, 7) is 5.60. The SMILES string of the molecule is Cc1cc2[nH]c(C)c(CC(=O)[O-])c(=O)c2cc1C.O.O.[Na+]. The second kappa shape index (κ2) is 8.31. The van der Waals surface area contributed by atoms with Crippen molar-refractivity contribution < 1.29 is 50.4 Å². The fourth-order valence-electron chi connectivity index (χ4n) is 2.07. The van der Waals surface area contributed by atoms with Crippen LogP contribution < -0.4 is 40.1 Å².